The van der Waals surface area contributed by atoms with Crippen molar-refractivity contribution in [1.82, 2.24) is 0 Å². The van der Waals surface area contributed by atoms with E-state index < -0.39 is 38.4 Å². The fourth-order valence-electron chi connectivity index (χ4n) is 10.9. The van der Waals surface area contributed by atoms with Crippen LogP contribution < -0.4 is 0 Å². The molecule has 0 heterocycles. The van der Waals surface area contributed by atoms with Gasteiger partial charge in [0.1, 0.15) is 0 Å². The molecular weight excluding hydrogens is 1130 g/mol. The van der Waals surface area contributed by atoms with Crippen LogP contribution in [0, 0.1) is 0 Å². The quantitative estimate of drug-likeness (QED) is 0.0345. The van der Waals surface area contributed by atoms with E-state index in [1.165, 1.54) is 270 Å². The molecule has 0 aromatic heterocycles. The van der Waals surface area contributed by atoms with Crippen LogP contribution in [0.15, 0.2) is 24.3 Å². The Morgan fingerprint density at radius 1 is 0.253 bits per heavy atom. The molecule has 0 rings (SSSR count). The van der Waals surface area contributed by atoms with Gasteiger partial charge >= 0.3 is 394 Å². The molecule has 0 aliphatic heterocycles. The van der Waals surface area contributed by atoms with Gasteiger partial charge in [-0.05, 0) is 12.8 Å². The summed E-state index contributed by atoms with van der Waals surface area (Å²) in [5.41, 5.74) is 0. The van der Waals surface area contributed by atoms with Crippen LogP contribution in [0.25, 0.3) is 0 Å². The summed E-state index contributed by atoms with van der Waals surface area (Å²) < 4.78 is 26.1. The molecule has 0 bridgehead atoms. The molecule has 444 valence electrons. The van der Waals surface area contributed by atoms with Crippen molar-refractivity contribution < 1.29 is 17.1 Å². The average molecular weight is 1270 g/mol. The number of hydrogen-bond acceptors (Lipinski definition) is 5. The molecule has 0 aliphatic rings. The monoisotopic (exact) mass is 1270 g/mol. The van der Waals surface area contributed by atoms with Crippen molar-refractivity contribution >= 4 is 50.3 Å². The van der Waals surface area contributed by atoms with Crippen molar-refractivity contribution in [2.45, 2.75) is 393 Å². The van der Waals surface area contributed by atoms with Crippen molar-refractivity contribution in [3.05, 3.63) is 24.3 Å². The first kappa shape index (κ1) is 75.0. The van der Waals surface area contributed by atoms with Crippen molar-refractivity contribution in [1.29, 1.82) is 0 Å². The first-order chi connectivity index (χ1) is 36.9. The predicted molar refractivity (Wildman–Crippen MR) is 336 cm³/mol. The Labute approximate surface area is 481 Å². The topological polar surface area (TPSA) is 61.8 Å². The molecule has 0 fully saturated rings. The van der Waals surface area contributed by atoms with E-state index >= 15 is 0 Å². The van der Waals surface area contributed by atoms with Gasteiger partial charge in [-0.15, -0.1) is 0 Å². The summed E-state index contributed by atoms with van der Waals surface area (Å²) in [5, 5.41) is 0. The van der Waals surface area contributed by atoms with Crippen LogP contribution in [0.2, 0.25) is 17.7 Å². The summed E-state index contributed by atoms with van der Waals surface area (Å²) in [6, 6.07) is 0. The maximum atomic E-state index is 14.4. The Hall–Kier alpha value is -0.0226. The third-order valence-electron chi connectivity index (χ3n) is 15.9. The number of hydrogen-bond donors (Lipinski definition) is 0. The molecule has 0 unspecified atom stereocenters. The number of unbranched alkanes of at least 4 members (excludes halogenated alkanes) is 42. The molecule has 0 spiro atoms. The standard InChI is InChI=1S/2C18H34O2.4C8H17.O.2Sn/c2*1-2-3-4-5-6-7-8-9-10-11-12-13-14-15-16-17-18(19)20;4*1-3-5-7-8-6-4-2;;;/h2*9-10H,2-8,11-17H2,1H3,(H,19,20);4*1,3-8H2,2H3;;;/q;;;;;;;2*+1/p-2. The molecule has 0 saturated heterocycles. The Kier molecular flexibility index (Phi) is 60.1. The van der Waals surface area contributed by atoms with Crippen LogP contribution in [0.5, 0.6) is 0 Å². The zero-order valence-corrected chi connectivity index (χ0v) is 57.7. The van der Waals surface area contributed by atoms with Gasteiger partial charge in [-0.2, -0.15) is 0 Å². The average Bonchev–Trinajstić information content (AvgIpc) is 3.40. The third kappa shape index (κ3) is 51.8. The second kappa shape index (κ2) is 60.1. The molecule has 0 aliphatic carbocycles. The fraction of sp³-hybridized carbons (Fsp3) is 0.912. The summed E-state index contributed by atoms with van der Waals surface area (Å²) in [6.45, 7) is 13.8. The Bertz CT molecular complexity index is 1110. The van der Waals surface area contributed by atoms with E-state index in [1.54, 1.807) is 0 Å². The van der Waals surface area contributed by atoms with Crippen molar-refractivity contribution in [3.8, 4) is 0 Å². The van der Waals surface area contributed by atoms with Crippen LogP contribution in [0.4, 0.5) is 0 Å². The van der Waals surface area contributed by atoms with E-state index in [2.05, 4.69) is 65.8 Å². The Balaban J connectivity index is 6.28. The number of rotatable bonds is 62. The van der Waals surface area contributed by atoms with Crippen LogP contribution in [-0.4, -0.2) is 50.3 Å². The van der Waals surface area contributed by atoms with E-state index in [0.29, 0.717) is 12.8 Å². The summed E-state index contributed by atoms with van der Waals surface area (Å²) in [4.78, 5) is 28.8. The number of allylic oxidation sites excluding steroid dienone is 4. The first-order valence-corrected chi connectivity index (χ1v) is 47.0. The second-order valence-corrected chi connectivity index (χ2v) is 45.4. The van der Waals surface area contributed by atoms with E-state index in [4.69, 9.17) is 7.56 Å². The Morgan fingerprint density at radius 3 is 0.667 bits per heavy atom. The van der Waals surface area contributed by atoms with E-state index in [1.807, 2.05) is 0 Å². The van der Waals surface area contributed by atoms with Crippen molar-refractivity contribution in [3.63, 3.8) is 0 Å². The SMILES string of the molecule is CCCCCCCCC=CCCCCCCCC(=O)[O][Sn]([CH2]CCCCCCC)([CH2]CCCCCCC)[O][Sn]([CH2]CCCCCCC)([CH2]CCCCCCC)[O]C(=O)CCCCCCCC=CCCCCCCCC. The van der Waals surface area contributed by atoms with Gasteiger partial charge in [0.05, 0.1) is 0 Å². The van der Waals surface area contributed by atoms with Crippen molar-refractivity contribution in [2.24, 2.45) is 0 Å². The van der Waals surface area contributed by atoms with Gasteiger partial charge in [-0.1, -0.05) is 78.1 Å². The van der Waals surface area contributed by atoms with Crippen LogP contribution in [0.3, 0.4) is 0 Å². The number of carbonyl (C=O) groups is 2. The van der Waals surface area contributed by atoms with E-state index in [-0.39, 0.29) is 11.9 Å². The maximum absolute atomic E-state index is 14.4. The smallest absolute Gasteiger partial charge is 0.0654 e. The summed E-state index contributed by atoms with van der Waals surface area (Å²) >= 11 is -8.32. The second-order valence-electron chi connectivity index (χ2n) is 23.6. The first-order valence-electron chi connectivity index (χ1n) is 34.3. The van der Waals surface area contributed by atoms with Gasteiger partial charge in [0.25, 0.3) is 0 Å². The molecule has 0 atom stereocenters. The minimum atomic E-state index is -4.16. The van der Waals surface area contributed by atoms with Gasteiger partial charge < -0.3 is 0 Å². The molecule has 5 nitrogen and oxygen atoms in total. The van der Waals surface area contributed by atoms with E-state index in [9.17, 15) is 9.59 Å². The molecule has 0 saturated carbocycles. The third-order valence-corrected chi connectivity index (χ3v) is 48.4. The van der Waals surface area contributed by atoms with Gasteiger partial charge in [0, 0.05) is 0 Å². The van der Waals surface area contributed by atoms with Gasteiger partial charge in [-0.3, -0.25) is 0 Å². The molecule has 0 aromatic rings. The minimum Gasteiger partial charge on any atom is -0.0654 e. The van der Waals surface area contributed by atoms with E-state index in [0.717, 1.165) is 69.1 Å². The summed E-state index contributed by atoms with van der Waals surface area (Å²) in [5.74, 6) is -0.00123. The Morgan fingerprint density at radius 2 is 0.440 bits per heavy atom. The fourth-order valence-corrected chi connectivity index (χ4v) is 51.2. The van der Waals surface area contributed by atoms with Crippen LogP contribution in [0.1, 0.15) is 375 Å². The predicted octanol–water partition coefficient (Wildman–Crippen LogP) is 24.5. The minimum absolute atomic E-state index is 0.000616. The van der Waals surface area contributed by atoms with Crippen molar-refractivity contribution in [2.75, 3.05) is 0 Å². The molecule has 75 heavy (non-hydrogen) atoms. The normalized spacial score (nSPS) is 12.2. The molecule has 0 amide bonds. The van der Waals surface area contributed by atoms with Gasteiger partial charge in [-0.25, -0.2) is 0 Å². The summed E-state index contributed by atoms with van der Waals surface area (Å²) in [7, 11) is 0. The van der Waals surface area contributed by atoms with Crippen LogP contribution in [-0.2, 0) is 17.1 Å². The molecular formula is C68H134O5Sn2. The molecule has 0 aromatic carbocycles. The molecule has 0 radical (unpaired) electrons. The van der Waals surface area contributed by atoms with Gasteiger partial charge in [0.2, 0.25) is 0 Å². The molecule has 0 N–H and O–H groups in total. The van der Waals surface area contributed by atoms with Gasteiger partial charge in [0.15, 0.2) is 0 Å². The summed E-state index contributed by atoms with van der Waals surface area (Å²) in [6.07, 6.45) is 72.3. The van der Waals surface area contributed by atoms with Crippen LogP contribution >= 0.6 is 0 Å². The zero-order valence-electron chi connectivity index (χ0n) is 51.9. The molecule has 7 heteroatoms. The zero-order chi connectivity index (χ0) is 54.7. The number of carbonyl (C=O) groups excluding carboxylic acids is 2.